The number of hydrogen-bond donors (Lipinski definition) is 2. The molecule has 2 aromatic carbocycles. The average Bonchev–Trinajstić information content (AvgIpc) is 3.28. The van der Waals surface area contributed by atoms with Crippen LogP contribution in [0.1, 0.15) is 30.9 Å². The van der Waals surface area contributed by atoms with Gasteiger partial charge in [0.25, 0.3) is 0 Å². The molecule has 32 heavy (non-hydrogen) atoms. The molecule has 0 spiro atoms. The van der Waals surface area contributed by atoms with Crippen LogP contribution in [0, 0.1) is 0 Å². The highest BCUT2D eigenvalue weighted by Crippen LogP contribution is 2.31. The fourth-order valence-corrected chi connectivity index (χ4v) is 4.57. The van der Waals surface area contributed by atoms with Crippen molar-refractivity contribution < 1.29 is 9.53 Å². The summed E-state index contributed by atoms with van der Waals surface area (Å²) < 4.78 is 5.35. The molecule has 1 aliphatic heterocycles. The highest BCUT2D eigenvalue weighted by Gasteiger charge is 2.26. The summed E-state index contributed by atoms with van der Waals surface area (Å²) in [5.41, 5.74) is 3.55. The minimum absolute atomic E-state index is 0.115. The third-order valence-corrected chi connectivity index (χ3v) is 6.64. The van der Waals surface area contributed by atoms with Crippen molar-refractivity contribution in [1.82, 2.24) is 20.1 Å². The van der Waals surface area contributed by atoms with Gasteiger partial charge in [-0.3, -0.25) is 4.79 Å². The number of methoxy groups -OCH3 is 1. The number of amides is 1. The van der Waals surface area contributed by atoms with Crippen molar-refractivity contribution in [2.24, 2.45) is 0 Å². The van der Waals surface area contributed by atoms with Gasteiger partial charge in [-0.05, 0) is 42.8 Å². The van der Waals surface area contributed by atoms with E-state index in [1.165, 1.54) is 16.5 Å². The third-order valence-electron chi connectivity index (χ3n) is 6.64. The van der Waals surface area contributed by atoms with Gasteiger partial charge in [-0.1, -0.05) is 37.3 Å². The van der Waals surface area contributed by atoms with Gasteiger partial charge in [0.05, 0.1) is 13.2 Å². The number of piperazine rings is 1. The Balaban J connectivity index is 1.51. The van der Waals surface area contributed by atoms with Gasteiger partial charge in [0, 0.05) is 55.7 Å². The van der Waals surface area contributed by atoms with E-state index in [0.29, 0.717) is 6.54 Å². The molecule has 1 aliphatic rings. The van der Waals surface area contributed by atoms with E-state index in [0.717, 1.165) is 44.0 Å². The second kappa shape index (κ2) is 10.2. The molecule has 1 fully saturated rings. The van der Waals surface area contributed by atoms with Crippen molar-refractivity contribution in [2.75, 3.05) is 46.4 Å². The molecule has 3 aromatic rings. The van der Waals surface area contributed by atoms with Crippen LogP contribution in [0.3, 0.4) is 0 Å². The highest BCUT2D eigenvalue weighted by molar-refractivity contribution is 5.84. The maximum absolute atomic E-state index is 13.0. The zero-order valence-corrected chi connectivity index (χ0v) is 19.3. The fraction of sp³-hybridized carbons (Fsp3) is 0.423. The number of nitrogens with one attached hydrogen (secondary N) is 2. The minimum Gasteiger partial charge on any atom is -0.497 e. The van der Waals surface area contributed by atoms with Crippen LogP contribution in [0.5, 0.6) is 5.75 Å². The largest absolute Gasteiger partial charge is 0.497 e. The first kappa shape index (κ1) is 22.4. The van der Waals surface area contributed by atoms with Crippen molar-refractivity contribution in [3.05, 3.63) is 65.9 Å². The normalized spacial score (nSPS) is 16.8. The lowest BCUT2D eigenvalue weighted by Crippen LogP contribution is -2.53. The Morgan fingerprint density at radius 2 is 1.81 bits per heavy atom. The zero-order chi connectivity index (χ0) is 22.5. The second-order valence-corrected chi connectivity index (χ2v) is 8.50. The molecule has 6 nitrogen and oxygen atoms in total. The van der Waals surface area contributed by atoms with Crippen LogP contribution in [0.25, 0.3) is 10.9 Å². The van der Waals surface area contributed by atoms with Gasteiger partial charge >= 0.3 is 0 Å². The minimum atomic E-state index is -0.228. The van der Waals surface area contributed by atoms with Crippen molar-refractivity contribution in [1.29, 1.82) is 0 Å². The Bertz CT molecular complexity index is 1020. The average molecular weight is 435 g/mol. The molecule has 0 radical (unpaired) electrons. The van der Waals surface area contributed by atoms with Gasteiger partial charge in [-0.15, -0.1) is 0 Å². The van der Waals surface area contributed by atoms with Crippen molar-refractivity contribution in [2.45, 2.75) is 25.8 Å². The predicted octanol–water partition coefficient (Wildman–Crippen LogP) is 3.45. The number of aromatic amines is 1. The Labute approximate surface area is 190 Å². The highest BCUT2D eigenvalue weighted by atomic mass is 16.5. The quantitative estimate of drug-likeness (QED) is 0.570. The molecule has 1 saturated heterocycles. The molecule has 2 atom stereocenters. The predicted molar refractivity (Wildman–Crippen MR) is 129 cm³/mol. The number of fused-ring (bicyclic) bond motifs is 1. The molecule has 2 N–H and O–H groups in total. The first-order chi connectivity index (χ1) is 15.6. The van der Waals surface area contributed by atoms with E-state index in [2.05, 4.69) is 58.7 Å². The fourth-order valence-electron chi connectivity index (χ4n) is 4.57. The first-order valence-corrected chi connectivity index (χ1v) is 11.5. The third kappa shape index (κ3) is 4.81. The van der Waals surface area contributed by atoms with Crippen LogP contribution < -0.4 is 10.1 Å². The molecule has 2 heterocycles. The standard InChI is InChI=1S/C26H34N4O2/c1-4-29-13-15-30(16-14-29)26(31)19(2)27-17-23(20-9-11-21(32-3)12-10-20)24-18-28-25-8-6-5-7-22(24)25/h5-12,18-19,23,27-28H,4,13-17H2,1-3H3. The number of hydrogen-bond acceptors (Lipinski definition) is 4. The van der Waals surface area contributed by atoms with E-state index in [9.17, 15) is 4.79 Å². The number of carbonyl (C=O) groups excluding carboxylic acids is 1. The smallest absolute Gasteiger partial charge is 0.239 e. The SMILES string of the molecule is CCN1CCN(C(=O)C(C)NCC(c2ccc(OC)cc2)c2c[nH]c3ccccc23)CC1. The van der Waals surface area contributed by atoms with E-state index in [1.807, 2.05) is 30.0 Å². The van der Waals surface area contributed by atoms with E-state index in [1.54, 1.807) is 7.11 Å². The number of nitrogens with zero attached hydrogens (tertiary/aromatic N) is 2. The number of para-hydroxylation sites is 1. The Kier molecular flexibility index (Phi) is 7.12. The summed E-state index contributed by atoms with van der Waals surface area (Å²) in [6.07, 6.45) is 2.09. The summed E-state index contributed by atoms with van der Waals surface area (Å²) in [6, 6.07) is 16.4. The second-order valence-electron chi connectivity index (χ2n) is 8.50. The summed E-state index contributed by atoms with van der Waals surface area (Å²) in [6.45, 7) is 9.41. The van der Waals surface area contributed by atoms with Crippen LogP contribution in [0.15, 0.2) is 54.7 Å². The van der Waals surface area contributed by atoms with Gasteiger partial charge in [0.1, 0.15) is 5.75 Å². The topological polar surface area (TPSA) is 60.6 Å². The van der Waals surface area contributed by atoms with Crippen LogP contribution in [-0.2, 0) is 4.79 Å². The van der Waals surface area contributed by atoms with Gasteiger partial charge in [0.15, 0.2) is 0 Å². The maximum atomic E-state index is 13.0. The molecule has 0 aliphatic carbocycles. The molecular weight excluding hydrogens is 400 g/mol. The number of benzene rings is 2. The Morgan fingerprint density at radius 3 is 2.50 bits per heavy atom. The molecule has 2 unspecified atom stereocenters. The summed E-state index contributed by atoms with van der Waals surface area (Å²) in [4.78, 5) is 20.8. The van der Waals surface area contributed by atoms with E-state index in [4.69, 9.17) is 4.74 Å². The lowest BCUT2D eigenvalue weighted by atomic mass is 9.90. The van der Waals surface area contributed by atoms with E-state index < -0.39 is 0 Å². The van der Waals surface area contributed by atoms with Crippen molar-refractivity contribution >= 4 is 16.8 Å². The monoisotopic (exact) mass is 434 g/mol. The summed E-state index contributed by atoms with van der Waals surface area (Å²) in [7, 11) is 1.68. The van der Waals surface area contributed by atoms with E-state index >= 15 is 0 Å². The van der Waals surface area contributed by atoms with E-state index in [-0.39, 0.29) is 17.9 Å². The van der Waals surface area contributed by atoms with Crippen molar-refractivity contribution in [3.63, 3.8) is 0 Å². The molecule has 1 aromatic heterocycles. The Hall–Kier alpha value is -2.83. The van der Waals surface area contributed by atoms with Crippen LogP contribution in [0.2, 0.25) is 0 Å². The van der Waals surface area contributed by atoms with Gasteiger partial charge < -0.3 is 24.8 Å². The first-order valence-electron chi connectivity index (χ1n) is 11.5. The number of likely N-dealkylation sites (N-methyl/N-ethyl adjacent to an activating group) is 1. The molecular formula is C26H34N4O2. The number of H-pyrrole nitrogens is 1. The molecule has 170 valence electrons. The lowest BCUT2D eigenvalue weighted by molar-refractivity contribution is -0.134. The number of rotatable bonds is 8. The molecule has 0 bridgehead atoms. The molecule has 6 heteroatoms. The van der Waals surface area contributed by atoms with Gasteiger partial charge in [-0.2, -0.15) is 0 Å². The summed E-state index contributed by atoms with van der Waals surface area (Å²) >= 11 is 0. The maximum Gasteiger partial charge on any atom is 0.239 e. The lowest BCUT2D eigenvalue weighted by Gasteiger charge is -2.35. The van der Waals surface area contributed by atoms with Crippen LogP contribution in [-0.4, -0.2) is 73.1 Å². The van der Waals surface area contributed by atoms with Crippen molar-refractivity contribution in [3.8, 4) is 5.75 Å². The molecule has 0 saturated carbocycles. The molecule has 4 rings (SSSR count). The zero-order valence-electron chi connectivity index (χ0n) is 19.3. The summed E-state index contributed by atoms with van der Waals surface area (Å²) in [5.74, 6) is 1.14. The van der Waals surface area contributed by atoms with Gasteiger partial charge in [-0.25, -0.2) is 0 Å². The number of aromatic nitrogens is 1. The number of carbonyl (C=O) groups is 1. The van der Waals surface area contributed by atoms with Crippen LogP contribution in [0.4, 0.5) is 0 Å². The molecule has 1 amide bonds. The van der Waals surface area contributed by atoms with Gasteiger partial charge in [0.2, 0.25) is 5.91 Å². The Morgan fingerprint density at radius 1 is 1.09 bits per heavy atom. The van der Waals surface area contributed by atoms with Crippen LogP contribution >= 0.6 is 0 Å². The summed E-state index contributed by atoms with van der Waals surface area (Å²) in [5, 5.41) is 4.75. The number of ether oxygens (including phenoxy) is 1.